The van der Waals surface area contributed by atoms with Crippen molar-refractivity contribution in [1.29, 1.82) is 5.26 Å². The lowest BCUT2D eigenvalue weighted by atomic mass is 10.1. The quantitative estimate of drug-likeness (QED) is 0.561. The molecule has 1 aromatic carbocycles. The number of nitrogens with zero attached hydrogens (tertiary/aromatic N) is 1. The van der Waals surface area contributed by atoms with Crippen molar-refractivity contribution in [3.63, 3.8) is 0 Å². The number of methoxy groups -OCH3 is 1. The lowest BCUT2D eigenvalue weighted by Gasteiger charge is -2.16. The van der Waals surface area contributed by atoms with E-state index >= 15 is 0 Å². The molecule has 0 spiro atoms. The number of nitrogens with one attached hydrogen (secondary N) is 2. The number of ether oxygens (including phenoxy) is 1. The van der Waals surface area contributed by atoms with Crippen LogP contribution in [0.25, 0.3) is 0 Å². The molecule has 19 heavy (non-hydrogen) atoms. The molecule has 0 fully saturated rings. The number of carbonyl (C=O) groups is 2. The molecule has 1 unspecified atom stereocenters. The highest BCUT2D eigenvalue weighted by Crippen LogP contribution is 2.13. The van der Waals surface area contributed by atoms with Gasteiger partial charge in [0.2, 0.25) is 5.91 Å². The van der Waals surface area contributed by atoms with Gasteiger partial charge in [-0.25, -0.2) is 4.79 Å². The zero-order chi connectivity index (χ0) is 14.1. The maximum Gasteiger partial charge on any atom is 0.327 e. The minimum absolute atomic E-state index is 0.0608. The molecule has 0 radical (unpaired) electrons. The predicted octanol–water partition coefficient (Wildman–Crippen LogP) is 0.130. The van der Waals surface area contributed by atoms with Crippen molar-refractivity contribution in [3.05, 3.63) is 35.9 Å². The van der Waals surface area contributed by atoms with Crippen molar-refractivity contribution in [3.8, 4) is 6.07 Å². The van der Waals surface area contributed by atoms with Crippen LogP contribution in [0.15, 0.2) is 30.3 Å². The number of hydrogen-bond acceptors (Lipinski definition) is 5. The second-order valence-electron chi connectivity index (χ2n) is 3.68. The van der Waals surface area contributed by atoms with E-state index in [0.29, 0.717) is 5.56 Å². The molecule has 6 nitrogen and oxygen atoms in total. The molecule has 1 aromatic rings. The Morgan fingerprint density at radius 1 is 1.37 bits per heavy atom. The smallest absolute Gasteiger partial charge is 0.327 e. The Bertz CT molecular complexity index is 468. The molecule has 6 heteroatoms. The highest BCUT2D eigenvalue weighted by molar-refractivity contribution is 5.81. The Hall–Kier alpha value is -2.39. The van der Waals surface area contributed by atoms with E-state index in [-0.39, 0.29) is 19.0 Å². The van der Waals surface area contributed by atoms with Gasteiger partial charge >= 0.3 is 5.97 Å². The monoisotopic (exact) mass is 261 g/mol. The first-order valence-electron chi connectivity index (χ1n) is 5.69. The molecule has 0 aliphatic heterocycles. The highest BCUT2D eigenvalue weighted by Gasteiger charge is 2.21. The molecule has 0 aromatic heterocycles. The minimum atomic E-state index is -0.709. The lowest BCUT2D eigenvalue weighted by molar-refractivity contribution is -0.143. The van der Waals surface area contributed by atoms with Gasteiger partial charge in [0.25, 0.3) is 0 Å². The van der Waals surface area contributed by atoms with Gasteiger partial charge < -0.3 is 10.1 Å². The SMILES string of the molecule is COC(=O)C(NCC(=O)NCC#N)c1ccccc1. The Balaban J connectivity index is 2.65. The van der Waals surface area contributed by atoms with Crippen molar-refractivity contribution in [2.45, 2.75) is 6.04 Å². The van der Waals surface area contributed by atoms with Gasteiger partial charge in [0.1, 0.15) is 12.6 Å². The van der Waals surface area contributed by atoms with Crippen molar-refractivity contribution in [1.82, 2.24) is 10.6 Å². The van der Waals surface area contributed by atoms with E-state index in [4.69, 9.17) is 10.00 Å². The number of rotatable bonds is 6. The van der Waals surface area contributed by atoms with Crippen LogP contribution in [-0.2, 0) is 14.3 Å². The van der Waals surface area contributed by atoms with Gasteiger partial charge in [-0.15, -0.1) is 0 Å². The number of nitriles is 1. The van der Waals surface area contributed by atoms with Gasteiger partial charge in [0, 0.05) is 0 Å². The summed E-state index contributed by atoms with van der Waals surface area (Å²) in [5, 5.41) is 13.5. The summed E-state index contributed by atoms with van der Waals surface area (Å²) < 4.78 is 4.69. The summed E-state index contributed by atoms with van der Waals surface area (Å²) in [7, 11) is 1.29. The standard InChI is InChI=1S/C13H15N3O3/c1-19-13(18)12(10-5-3-2-4-6-10)16-9-11(17)15-8-7-14/h2-6,12,16H,8-9H2,1H3,(H,15,17). The second-order valence-corrected chi connectivity index (χ2v) is 3.68. The second kappa shape index (κ2) is 7.84. The van der Waals surface area contributed by atoms with Gasteiger partial charge in [0.15, 0.2) is 0 Å². The molecule has 1 amide bonds. The molecule has 100 valence electrons. The van der Waals surface area contributed by atoms with Gasteiger partial charge in [-0.3, -0.25) is 10.1 Å². The largest absolute Gasteiger partial charge is 0.468 e. The van der Waals surface area contributed by atoms with Gasteiger partial charge in [0.05, 0.1) is 19.7 Å². The summed E-state index contributed by atoms with van der Waals surface area (Å²) in [6, 6.07) is 10.0. The Labute approximate surface area is 111 Å². The summed E-state index contributed by atoms with van der Waals surface area (Å²) in [5.74, 6) is -0.828. The predicted molar refractivity (Wildman–Crippen MR) is 67.8 cm³/mol. The normalized spacial score (nSPS) is 11.2. The summed E-state index contributed by atoms with van der Waals surface area (Å²) in [6.45, 7) is -0.134. The van der Waals surface area contributed by atoms with Crippen LogP contribution in [0.5, 0.6) is 0 Å². The van der Waals surface area contributed by atoms with Crippen LogP contribution >= 0.6 is 0 Å². The van der Waals surface area contributed by atoms with Gasteiger partial charge in [-0.2, -0.15) is 5.26 Å². The first-order valence-corrected chi connectivity index (χ1v) is 5.69. The summed E-state index contributed by atoms with van der Waals surface area (Å²) in [6.07, 6.45) is 0. The van der Waals surface area contributed by atoms with Gasteiger partial charge in [-0.05, 0) is 5.56 Å². The van der Waals surface area contributed by atoms with Crippen LogP contribution in [0.4, 0.5) is 0 Å². The summed E-state index contributed by atoms with van der Waals surface area (Å²) >= 11 is 0. The van der Waals surface area contributed by atoms with Crippen molar-refractivity contribution in [2.24, 2.45) is 0 Å². The summed E-state index contributed by atoms with van der Waals surface area (Å²) in [5.41, 5.74) is 0.711. The number of carbonyl (C=O) groups excluding carboxylic acids is 2. The topological polar surface area (TPSA) is 91.2 Å². The number of amides is 1. The third kappa shape index (κ3) is 4.77. The van der Waals surface area contributed by atoms with Crippen LogP contribution in [0, 0.1) is 11.3 Å². The molecule has 0 saturated heterocycles. The first kappa shape index (κ1) is 14.7. The average Bonchev–Trinajstić information content (AvgIpc) is 2.46. The van der Waals surface area contributed by atoms with Crippen molar-refractivity contribution in [2.75, 3.05) is 20.2 Å². The van der Waals surface area contributed by atoms with Gasteiger partial charge in [-0.1, -0.05) is 30.3 Å². The molecule has 0 heterocycles. The molecule has 1 atom stereocenters. The zero-order valence-corrected chi connectivity index (χ0v) is 10.6. The number of benzene rings is 1. The highest BCUT2D eigenvalue weighted by atomic mass is 16.5. The van der Waals surface area contributed by atoms with Crippen LogP contribution in [-0.4, -0.2) is 32.1 Å². The average molecular weight is 261 g/mol. The minimum Gasteiger partial charge on any atom is -0.468 e. The first-order chi connectivity index (χ1) is 9.19. The molecule has 0 saturated carbocycles. The van der Waals surface area contributed by atoms with E-state index in [1.807, 2.05) is 6.07 Å². The van der Waals surface area contributed by atoms with Crippen LogP contribution in [0.1, 0.15) is 11.6 Å². The van der Waals surface area contributed by atoms with E-state index in [9.17, 15) is 9.59 Å². The molecule has 0 aliphatic carbocycles. The lowest BCUT2D eigenvalue weighted by Crippen LogP contribution is -2.38. The molecule has 0 aliphatic rings. The molecule has 2 N–H and O–H groups in total. The van der Waals surface area contributed by atoms with E-state index < -0.39 is 12.0 Å². The fourth-order valence-electron chi connectivity index (χ4n) is 1.50. The maximum absolute atomic E-state index is 11.7. The number of hydrogen-bond donors (Lipinski definition) is 2. The molecular formula is C13H15N3O3. The van der Waals surface area contributed by atoms with Crippen LogP contribution in [0.2, 0.25) is 0 Å². The Morgan fingerprint density at radius 3 is 2.63 bits per heavy atom. The Kier molecular flexibility index (Phi) is 6.06. The van der Waals surface area contributed by atoms with E-state index in [1.165, 1.54) is 7.11 Å². The fraction of sp³-hybridized carbons (Fsp3) is 0.308. The molecule has 0 bridgehead atoms. The van der Waals surface area contributed by atoms with Crippen molar-refractivity contribution >= 4 is 11.9 Å². The Morgan fingerprint density at radius 2 is 2.05 bits per heavy atom. The third-order valence-corrected chi connectivity index (χ3v) is 2.40. The summed E-state index contributed by atoms with van der Waals surface area (Å²) in [4.78, 5) is 23.0. The van der Waals surface area contributed by atoms with Crippen LogP contribution in [0.3, 0.4) is 0 Å². The van der Waals surface area contributed by atoms with E-state index in [1.54, 1.807) is 30.3 Å². The molecular weight excluding hydrogens is 246 g/mol. The molecule has 1 rings (SSSR count). The van der Waals surface area contributed by atoms with E-state index in [2.05, 4.69) is 10.6 Å². The van der Waals surface area contributed by atoms with E-state index in [0.717, 1.165) is 0 Å². The zero-order valence-electron chi connectivity index (χ0n) is 10.6. The van der Waals surface area contributed by atoms with Crippen LogP contribution < -0.4 is 10.6 Å². The maximum atomic E-state index is 11.7. The van der Waals surface area contributed by atoms with Crippen molar-refractivity contribution < 1.29 is 14.3 Å². The fourth-order valence-corrected chi connectivity index (χ4v) is 1.50. The third-order valence-electron chi connectivity index (χ3n) is 2.40. The number of esters is 1.